The molecule has 1 spiro atoms. The van der Waals surface area contributed by atoms with Crippen LogP contribution >= 0.6 is 0 Å². The van der Waals surface area contributed by atoms with Gasteiger partial charge in [0.2, 0.25) is 0 Å². The summed E-state index contributed by atoms with van der Waals surface area (Å²) in [5, 5.41) is 14.2. The minimum atomic E-state index is -0.455. The summed E-state index contributed by atoms with van der Waals surface area (Å²) < 4.78 is 0. The number of para-hydroxylation sites is 1. The van der Waals surface area contributed by atoms with E-state index in [1.54, 1.807) is 0 Å². The predicted molar refractivity (Wildman–Crippen MR) is 95.0 cm³/mol. The summed E-state index contributed by atoms with van der Waals surface area (Å²) in [6.07, 6.45) is 2.02. The third-order valence-electron chi connectivity index (χ3n) is 5.36. The molecule has 1 saturated heterocycles. The molecule has 2 aliphatic rings. The lowest BCUT2D eigenvalue weighted by Gasteiger charge is -2.34. The van der Waals surface area contributed by atoms with Crippen molar-refractivity contribution >= 4 is 17.3 Å². The molecule has 0 aromatic heterocycles. The lowest BCUT2D eigenvalue weighted by molar-refractivity contribution is -0.384. The zero-order valence-corrected chi connectivity index (χ0v) is 13.8. The molecule has 0 bridgehead atoms. The van der Waals surface area contributed by atoms with Crippen molar-refractivity contribution < 1.29 is 9.72 Å². The first-order valence-electron chi connectivity index (χ1n) is 8.47. The van der Waals surface area contributed by atoms with Gasteiger partial charge in [-0.25, -0.2) is 0 Å². The molecule has 0 unspecified atom stereocenters. The largest absolute Gasteiger partial charge is 0.317 e. The number of rotatable bonds is 2. The summed E-state index contributed by atoms with van der Waals surface area (Å²) in [6.45, 7) is 2.58. The van der Waals surface area contributed by atoms with E-state index >= 15 is 0 Å². The molecule has 0 radical (unpaired) electrons. The van der Waals surface area contributed by atoms with E-state index < -0.39 is 4.92 Å². The molecular formula is C19H19N3O3. The van der Waals surface area contributed by atoms with Gasteiger partial charge in [0.1, 0.15) is 0 Å². The van der Waals surface area contributed by atoms with Crippen LogP contribution in [0.3, 0.4) is 0 Å². The average Bonchev–Trinajstić information content (AvgIpc) is 2.96. The minimum absolute atomic E-state index is 0.00630. The van der Waals surface area contributed by atoms with Crippen molar-refractivity contribution in [1.82, 2.24) is 5.32 Å². The topological polar surface area (TPSA) is 75.5 Å². The third kappa shape index (κ3) is 2.59. The molecule has 128 valence electrons. The maximum Gasteiger partial charge on any atom is 0.269 e. The molecule has 2 aromatic rings. The first-order chi connectivity index (χ1) is 12.1. The molecule has 4 rings (SSSR count). The van der Waals surface area contributed by atoms with Gasteiger partial charge in [-0.05, 0) is 49.7 Å². The van der Waals surface area contributed by atoms with E-state index in [2.05, 4.69) is 11.4 Å². The monoisotopic (exact) mass is 337 g/mol. The van der Waals surface area contributed by atoms with E-state index in [1.165, 1.54) is 29.8 Å². The van der Waals surface area contributed by atoms with Crippen molar-refractivity contribution in [3.05, 3.63) is 69.8 Å². The molecule has 0 aliphatic carbocycles. The Hall–Kier alpha value is -2.73. The fourth-order valence-corrected chi connectivity index (χ4v) is 4.03. The van der Waals surface area contributed by atoms with Gasteiger partial charge < -0.3 is 10.2 Å². The van der Waals surface area contributed by atoms with Crippen LogP contribution in [0.4, 0.5) is 11.4 Å². The van der Waals surface area contributed by atoms with E-state index in [4.69, 9.17) is 0 Å². The van der Waals surface area contributed by atoms with Crippen LogP contribution in [0.5, 0.6) is 0 Å². The molecule has 2 aliphatic heterocycles. The number of carbonyl (C=O) groups excluding carboxylic acids is 1. The predicted octanol–water partition coefficient (Wildman–Crippen LogP) is 2.88. The first kappa shape index (κ1) is 15.8. The number of hydrogen-bond acceptors (Lipinski definition) is 4. The van der Waals surface area contributed by atoms with Crippen LogP contribution in [0, 0.1) is 10.1 Å². The molecule has 1 amide bonds. The molecule has 25 heavy (non-hydrogen) atoms. The lowest BCUT2D eigenvalue weighted by Crippen LogP contribution is -2.44. The highest BCUT2D eigenvalue weighted by molar-refractivity contribution is 6.07. The van der Waals surface area contributed by atoms with Crippen molar-refractivity contribution in [2.45, 2.75) is 18.3 Å². The summed E-state index contributed by atoms with van der Waals surface area (Å²) in [7, 11) is 0. The van der Waals surface area contributed by atoms with Crippen molar-refractivity contribution in [2.75, 3.05) is 24.5 Å². The zero-order valence-electron chi connectivity index (χ0n) is 13.8. The molecule has 2 heterocycles. The SMILES string of the molecule is O=C(c1ccc([N+](=O)[O-])cc1)N1CC2(CCNCC2)c2ccccc21. The Bertz CT molecular complexity index is 826. The van der Waals surface area contributed by atoms with Crippen LogP contribution in [0.15, 0.2) is 48.5 Å². The van der Waals surface area contributed by atoms with Crippen molar-refractivity contribution in [2.24, 2.45) is 0 Å². The van der Waals surface area contributed by atoms with Crippen molar-refractivity contribution in [3.8, 4) is 0 Å². The number of nitro groups is 1. The van der Waals surface area contributed by atoms with Gasteiger partial charge in [0, 0.05) is 35.3 Å². The Labute approximate surface area is 145 Å². The van der Waals surface area contributed by atoms with Crippen LogP contribution in [0.1, 0.15) is 28.8 Å². The number of nitrogens with zero attached hydrogens (tertiary/aromatic N) is 2. The van der Waals surface area contributed by atoms with Crippen LogP contribution in [-0.4, -0.2) is 30.5 Å². The number of non-ortho nitro benzene ring substituents is 1. The number of hydrogen-bond donors (Lipinski definition) is 1. The highest BCUT2D eigenvalue weighted by Crippen LogP contribution is 2.46. The van der Waals surface area contributed by atoms with Crippen LogP contribution in [0.2, 0.25) is 0 Å². The molecule has 6 nitrogen and oxygen atoms in total. The van der Waals surface area contributed by atoms with E-state index in [9.17, 15) is 14.9 Å². The Balaban J connectivity index is 1.68. The van der Waals surface area contributed by atoms with Crippen LogP contribution in [0.25, 0.3) is 0 Å². The maximum absolute atomic E-state index is 13.1. The number of fused-ring (bicyclic) bond motifs is 2. The summed E-state index contributed by atoms with van der Waals surface area (Å²) >= 11 is 0. The number of anilines is 1. The second-order valence-corrected chi connectivity index (χ2v) is 6.74. The lowest BCUT2D eigenvalue weighted by atomic mass is 9.75. The average molecular weight is 337 g/mol. The summed E-state index contributed by atoms with van der Waals surface area (Å²) in [5.41, 5.74) is 2.69. The molecule has 1 N–H and O–H groups in total. The number of benzene rings is 2. The molecule has 0 atom stereocenters. The van der Waals surface area contributed by atoms with Gasteiger partial charge in [0.25, 0.3) is 11.6 Å². The number of amides is 1. The fourth-order valence-electron chi connectivity index (χ4n) is 4.03. The number of nitrogens with one attached hydrogen (secondary N) is 1. The molecule has 6 heteroatoms. The van der Waals surface area contributed by atoms with E-state index in [1.807, 2.05) is 23.1 Å². The third-order valence-corrected chi connectivity index (χ3v) is 5.36. The van der Waals surface area contributed by atoms with E-state index in [0.29, 0.717) is 12.1 Å². The van der Waals surface area contributed by atoms with Gasteiger partial charge >= 0.3 is 0 Å². The molecule has 1 fully saturated rings. The summed E-state index contributed by atoms with van der Waals surface area (Å²) in [6, 6.07) is 14.0. The summed E-state index contributed by atoms with van der Waals surface area (Å²) in [4.78, 5) is 25.2. The number of piperidine rings is 1. The quantitative estimate of drug-likeness (QED) is 0.675. The van der Waals surface area contributed by atoms with Crippen LogP contribution < -0.4 is 10.2 Å². The second kappa shape index (κ2) is 5.97. The van der Waals surface area contributed by atoms with Gasteiger partial charge in [-0.2, -0.15) is 0 Å². The second-order valence-electron chi connectivity index (χ2n) is 6.74. The van der Waals surface area contributed by atoms with Crippen molar-refractivity contribution in [1.29, 1.82) is 0 Å². The highest BCUT2D eigenvalue weighted by Gasteiger charge is 2.45. The zero-order chi connectivity index (χ0) is 17.4. The maximum atomic E-state index is 13.1. The Kier molecular flexibility index (Phi) is 3.77. The summed E-state index contributed by atoms with van der Waals surface area (Å²) in [5.74, 6) is -0.0993. The van der Waals surface area contributed by atoms with Gasteiger partial charge in [0.15, 0.2) is 0 Å². The minimum Gasteiger partial charge on any atom is -0.317 e. The normalized spacial score (nSPS) is 18.2. The van der Waals surface area contributed by atoms with Crippen LogP contribution in [-0.2, 0) is 5.41 Å². The fraction of sp³-hybridized carbons (Fsp3) is 0.316. The smallest absolute Gasteiger partial charge is 0.269 e. The van der Waals surface area contributed by atoms with E-state index in [-0.39, 0.29) is 17.0 Å². The molecule has 2 aromatic carbocycles. The molecule has 0 saturated carbocycles. The Morgan fingerprint density at radius 3 is 2.44 bits per heavy atom. The Morgan fingerprint density at radius 1 is 1.08 bits per heavy atom. The first-order valence-corrected chi connectivity index (χ1v) is 8.47. The van der Waals surface area contributed by atoms with Crippen molar-refractivity contribution in [3.63, 3.8) is 0 Å². The van der Waals surface area contributed by atoms with Gasteiger partial charge in [-0.1, -0.05) is 18.2 Å². The van der Waals surface area contributed by atoms with Gasteiger partial charge in [0.05, 0.1) is 4.92 Å². The van der Waals surface area contributed by atoms with Gasteiger partial charge in [-0.15, -0.1) is 0 Å². The standard InChI is InChI=1S/C19H19N3O3/c23-18(14-5-7-15(8-6-14)22(24)25)21-13-19(9-11-20-12-10-19)16-3-1-2-4-17(16)21/h1-8,20H,9-13H2. The number of nitro benzene ring substituents is 1. The highest BCUT2D eigenvalue weighted by atomic mass is 16.6. The van der Waals surface area contributed by atoms with E-state index in [0.717, 1.165) is 31.6 Å². The van der Waals surface area contributed by atoms with Gasteiger partial charge in [-0.3, -0.25) is 14.9 Å². The Morgan fingerprint density at radius 2 is 1.76 bits per heavy atom. The molecular weight excluding hydrogens is 318 g/mol. The number of carbonyl (C=O) groups is 1.